The van der Waals surface area contributed by atoms with Crippen LogP contribution >= 0.6 is 0 Å². The Balaban J connectivity index is 1.90. The van der Waals surface area contributed by atoms with E-state index in [1.165, 1.54) is 25.7 Å². The minimum absolute atomic E-state index is 0.0915. The highest BCUT2D eigenvalue weighted by molar-refractivity contribution is 5.11. The smallest absolute Gasteiger partial charge is 0.0684 e. The van der Waals surface area contributed by atoms with Gasteiger partial charge in [-0.05, 0) is 61.2 Å². The van der Waals surface area contributed by atoms with Crippen LogP contribution in [0, 0.1) is 22.7 Å². The van der Waals surface area contributed by atoms with Crippen LogP contribution in [0.3, 0.4) is 0 Å². The van der Waals surface area contributed by atoms with Gasteiger partial charge in [0.15, 0.2) is 0 Å². The third kappa shape index (κ3) is 1.60. The molecule has 3 aliphatic carbocycles. The third-order valence-corrected chi connectivity index (χ3v) is 6.30. The van der Waals surface area contributed by atoms with E-state index in [-0.39, 0.29) is 5.41 Å². The fraction of sp³-hybridized carbons (Fsp3) is 1.00. The summed E-state index contributed by atoms with van der Waals surface area (Å²) in [6, 6.07) is 0. The van der Waals surface area contributed by atoms with Crippen molar-refractivity contribution < 1.29 is 10.2 Å². The molecule has 0 amide bonds. The first-order valence-electron chi connectivity index (χ1n) is 7.24. The molecule has 2 bridgehead atoms. The summed E-state index contributed by atoms with van der Waals surface area (Å²) in [6.07, 6.45) is 7.94. The standard InChI is InChI=1S/C15H26O2/c1-13-5-3-6-15(17,9-13)12-8-14(2,10-16)11(12)4-7-13/h11-12,16-17H,3-10H2,1-2H3/t11-,12+,13+,14+,15-/m1/s1. The molecule has 3 fully saturated rings. The van der Waals surface area contributed by atoms with Crippen molar-refractivity contribution in [2.45, 2.75) is 64.4 Å². The van der Waals surface area contributed by atoms with E-state index < -0.39 is 5.60 Å². The fourth-order valence-corrected chi connectivity index (χ4v) is 5.19. The zero-order chi connectivity index (χ0) is 12.3. The quantitative estimate of drug-likeness (QED) is 0.737. The van der Waals surface area contributed by atoms with E-state index in [0.29, 0.717) is 23.9 Å². The molecular weight excluding hydrogens is 212 g/mol. The van der Waals surface area contributed by atoms with Crippen molar-refractivity contribution in [3.63, 3.8) is 0 Å². The van der Waals surface area contributed by atoms with E-state index in [4.69, 9.17) is 0 Å². The van der Waals surface area contributed by atoms with Gasteiger partial charge in [0.25, 0.3) is 0 Å². The Morgan fingerprint density at radius 2 is 1.88 bits per heavy atom. The van der Waals surface area contributed by atoms with Crippen molar-refractivity contribution in [3.8, 4) is 0 Å². The van der Waals surface area contributed by atoms with Gasteiger partial charge in [0, 0.05) is 6.61 Å². The minimum Gasteiger partial charge on any atom is -0.396 e. The minimum atomic E-state index is -0.414. The van der Waals surface area contributed by atoms with Crippen molar-refractivity contribution in [2.24, 2.45) is 22.7 Å². The molecule has 0 saturated heterocycles. The molecule has 3 aliphatic rings. The van der Waals surface area contributed by atoms with Crippen LogP contribution in [0.15, 0.2) is 0 Å². The van der Waals surface area contributed by atoms with Crippen molar-refractivity contribution in [3.05, 3.63) is 0 Å². The highest BCUT2D eigenvalue weighted by Crippen LogP contribution is 2.64. The lowest BCUT2D eigenvalue weighted by Crippen LogP contribution is -2.58. The molecule has 0 aromatic rings. The maximum atomic E-state index is 11.0. The van der Waals surface area contributed by atoms with E-state index in [1.54, 1.807) is 0 Å². The highest BCUT2D eigenvalue weighted by atomic mass is 16.3. The van der Waals surface area contributed by atoms with Crippen LogP contribution in [-0.2, 0) is 0 Å². The van der Waals surface area contributed by atoms with Gasteiger partial charge in [0.2, 0.25) is 0 Å². The molecule has 3 rings (SSSR count). The second-order valence-electron chi connectivity index (χ2n) is 7.71. The van der Waals surface area contributed by atoms with Gasteiger partial charge in [-0.3, -0.25) is 0 Å². The van der Waals surface area contributed by atoms with Crippen LogP contribution in [0.1, 0.15) is 58.8 Å². The van der Waals surface area contributed by atoms with Crippen molar-refractivity contribution in [2.75, 3.05) is 6.61 Å². The second-order valence-corrected chi connectivity index (χ2v) is 7.71. The van der Waals surface area contributed by atoms with Crippen LogP contribution in [0.25, 0.3) is 0 Å². The summed E-state index contributed by atoms with van der Waals surface area (Å²) >= 11 is 0. The van der Waals surface area contributed by atoms with Crippen LogP contribution < -0.4 is 0 Å². The molecule has 0 aliphatic heterocycles. The maximum Gasteiger partial charge on any atom is 0.0684 e. The Kier molecular flexibility index (Phi) is 2.45. The number of aliphatic hydroxyl groups excluding tert-OH is 1. The first-order chi connectivity index (χ1) is 7.91. The Bertz CT molecular complexity index is 329. The molecule has 5 atom stereocenters. The summed E-state index contributed by atoms with van der Waals surface area (Å²) < 4.78 is 0. The number of aliphatic hydroxyl groups is 2. The average Bonchev–Trinajstić information content (AvgIpc) is 2.30. The van der Waals surface area contributed by atoms with E-state index in [0.717, 1.165) is 19.3 Å². The molecule has 2 heteroatoms. The lowest BCUT2D eigenvalue weighted by atomic mass is 9.49. The van der Waals surface area contributed by atoms with Crippen LogP contribution in [-0.4, -0.2) is 22.4 Å². The summed E-state index contributed by atoms with van der Waals surface area (Å²) in [5, 5.41) is 20.6. The molecule has 0 heterocycles. The molecular formula is C15H26O2. The molecule has 0 radical (unpaired) electrons. The molecule has 0 aromatic carbocycles. The van der Waals surface area contributed by atoms with Gasteiger partial charge >= 0.3 is 0 Å². The SMILES string of the molecule is C[C@@]12CCC[C@@](O)(C1)[C@H]1C[C@@](C)(CO)[C@@H]1CC2. The molecule has 0 aromatic heterocycles. The van der Waals surface area contributed by atoms with Crippen molar-refractivity contribution in [1.82, 2.24) is 0 Å². The van der Waals surface area contributed by atoms with E-state index in [1.807, 2.05) is 0 Å². The molecule has 3 saturated carbocycles. The largest absolute Gasteiger partial charge is 0.396 e. The van der Waals surface area contributed by atoms with Gasteiger partial charge in [0.05, 0.1) is 5.60 Å². The highest BCUT2D eigenvalue weighted by Gasteiger charge is 2.61. The molecule has 0 unspecified atom stereocenters. The Hall–Kier alpha value is -0.0800. The second kappa shape index (κ2) is 3.48. The van der Waals surface area contributed by atoms with E-state index in [9.17, 15) is 10.2 Å². The fourth-order valence-electron chi connectivity index (χ4n) is 5.19. The number of hydrogen-bond acceptors (Lipinski definition) is 2. The molecule has 0 spiro atoms. The lowest BCUT2D eigenvalue weighted by Gasteiger charge is -2.58. The Labute approximate surface area is 104 Å². The monoisotopic (exact) mass is 238 g/mol. The predicted octanol–water partition coefficient (Wildman–Crippen LogP) is 2.73. The van der Waals surface area contributed by atoms with Crippen LogP contribution in [0.5, 0.6) is 0 Å². The normalized spacial score (nSPS) is 57.9. The number of rotatable bonds is 1. The van der Waals surface area contributed by atoms with Gasteiger partial charge in [-0.25, -0.2) is 0 Å². The zero-order valence-electron chi connectivity index (χ0n) is 11.2. The Morgan fingerprint density at radius 1 is 1.12 bits per heavy atom. The number of fused-ring (bicyclic) bond motifs is 4. The molecule has 98 valence electrons. The van der Waals surface area contributed by atoms with E-state index in [2.05, 4.69) is 13.8 Å². The average molecular weight is 238 g/mol. The van der Waals surface area contributed by atoms with Gasteiger partial charge in [-0.2, -0.15) is 0 Å². The molecule has 2 N–H and O–H groups in total. The van der Waals surface area contributed by atoms with Crippen LogP contribution in [0.2, 0.25) is 0 Å². The number of hydrogen-bond donors (Lipinski definition) is 2. The maximum absolute atomic E-state index is 11.0. The molecule has 2 nitrogen and oxygen atoms in total. The van der Waals surface area contributed by atoms with Gasteiger partial charge in [-0.15, -0.1) is 0 Å². The summed E-state index contributed by atoms with van der Waals surface area (Å²) in [5.74, 6) is 1.01. The summed E-state index contributed by atoms with van der Waals surface area (Å²) in [6.45, 7) is 4.86. The topological polar surface area (TPSA) is 40.5 Å². The lowest BCUT2D eigenvalue weighted by molar-refractivity contribution is -0.177. The van der Waals surface area contributed by atoms with Gasteiger partial charge < -0.3 is 10.2 Å². The van der Waals surface area contributed by atoms with Crippen molar-refractivity contribution >= 4 is 0 Å². The Morgan fingerprint density at radius 3 is 2.59 bits per heavy atom. The van der Waals surface area contributed by atoms with Gasteiger partial charge in [-0.1, -0.05) is 20.3 Å². The molecule has 17 heavy (non-hydrogen) atoms. The predicted molar refractivity (Wildman–Crippen MR) is 67.5 cm³/mol. The first kappa shape index (κ1) is 12.0. The van der Waals surface area contributed by atoms with Crippen LogP contribution in [0.4, 0.5) is 0 Å². The summed E-state index contributed by atoms with van der Waals surface area (Å²) in [7, 11) is 0. The third-order valence-electron chi connectivity index (χ3n) is 6.30. The van der Waals surface area contributed by atoms with Gasteiger partial charge in [0.1, 0.15) is 0 Å². The zero-order valence-corrected chi connectivity index (χ0v) is 11.2. The first-order valence-corrected chi connectivity index (χ1v) is 7.24. The summed E-state index contributed by atoms with van der Waals surface area (Å²) in [4.78, 5) is 0. The van der Waals surface area contributed by atoms with Crippen molar-refractivity contribution in [1.29, 1.82) is 0 Å². The van der Waals surface area contributed by atoms with E-state index >= 15 is 0 Å². The summed E-state index contributed by atoms with van der Waals surface area (Å²) in [5.41, 5.74) is 0.0395.